The number of amidine groups is 1. The van der Waals surface area contributed by atoms with Gasteiger partial charge in [-0.3, -0.25) is 0 Å². The van der Waals surface area contributed by atoms with Crippen LogP contribution in [0.25, 0.3) is 11.1 Å². The molecule has 1 aromatic heterocycles. The van der Waals surface area contributed by atoms with Crippen molar-refractivity contribution >= 4 is 23.4 Å². The highest BCUT2D eigenvalue weighted by atomic mass is 35.5. The number of ether oxygens (including phenoxy) is 2. The van der Waals surface area contributed by atoms with Gasteiger partial charge in [0.2, 0.25) is 0 Å². The molecular weight excluding hydrogens is 542 g/mol. The molecular formula is C26H32ClN7O6. The number of halogens is 1. The van der Waals surface area contributed by atoms with Crippen molar-refractivity contribution < 1.29 is 24.2 Å². The van der Waals surface area contributed by atoms with Gasteiger partial charge >= 0.3 is 5.97 Å². The van der Waals surface area contributed by atoms with Crippen molar-refractivity contribution in [1.29, 1.82) is 0 Å². The molecule has 0 aliphatic carbocycles. The summed E-state index contributed by atoms with van der Waals surface area (Å²) in [6.07, 6.45) is 2.46. The lowest BCUT2D eigenvalue weighted by Gasteiger charge is -2.13. The van der Waals surface area contributed by atoms with E-state index in [4.69, 9.17) is 32.7 Å². The Hall–Kier alpha value is -4.20. The Balaban J connectivity index is 1.76. The van der Waals surface area contributed by atoms with E-state index in [0.29, 0.717) is 18.8 Å². The second-order valence-corrected chi connectivity index (χ2v) is 8.89. The minimum absolute atomic E-state index is 0.0118. The number of nitrogens with zero attached hydrogens (tertiary/aromatic N) is 4. The molecule has 0 spiro atoms. The zero-order valence-electron chi connectivity index (χ0n) is 22.0. The van der Waals surface area contributed by atoms with Crippen LogP contribution in [0.3, 0.4) is 0 Å². The standard InChI is InChI=1S/C26H32ClN7O6/c1-2-3-8-22-30-24(27)23(26(35)39-15-13-38-14-16-40-34(36)37)33(22)17-18-9-11-19(12-10-18)20-6-4-5-7-21(20)25(28)31-32-29/h4-7,9-12,32H,2-3,8,13-17,29H2,1H3,(H2,28,31). The molecule has 0 aliphatic rings. The number of nitrogens with one attached hydrogen (secondary N) is 1. The van der Waals surface area contributed by atoms with Gasteiger partial charge in [-0.05, 0) is 23.1 Å². The Morgan fingerprint density at radius 3 is 2.58 bits per heavy atom. The van der Waals surface area contributed by atoms with E-state index in [1.807, 2.05) is 48.5 Å². The van der Waals surface area contributed by atoms with Crippen molar-refractivity contribution in [3.63, 3.8) is 0 Å². The van der Waals surface area contributed by atoms with E-state index in [1.165, 1.54) is 0 Å². The van der Waals surface area contributed by atoms with Crippen LogP contribution < -0.4 is 17.1 Å². The number of hydrogen-bond donors (Lipinski definition) is 3. The predicted molar refractivity (Wildman–Crippen MR) is 149 cm³/mol. The number of carbonyl (C=O) groups is 1. The van der Waals surface area contributed by atoms with Crippen LogP contribution in [-0.4, -0.2) is 52.9 Å². The molecule has 0 atom stereocenters. The van der Waals surface area contributed by atoms with Crippen molar-refractivity contribution in [1.82, 2.24) is 15.1 Å². The van der Waals surface area contributed by atoms with E-state index in [9.17, 15) is 14.9 Å². The van der Waals surface area contributed by atoms with Crippen LogP contribution in [0, 0.1) is 10.1 Å². The van der Waals surface area contributed by atoms with Crippen LogP contribution in [0.4, 0.5) is 0 Å². The topological polar surface area (TPSA) is 182 Å². The predicted octanol–water partition coefficient (Wildman–Crippen LogP) is 3.06. The van der Waals surface area contributed by atoms with Crippen LogP contribution in [0.1, 0.15) is 47.2 Å². The molecule has 2 aromatic carbocycles. The van der Waals surface area contributed by atoms with Crippen molar-refractivity contribution in [3.8, 4) is 11.1 Å². The van der Waals surface area contributed by atoms with E-state index in [0.717, 1.165) is 35.1 Å². The number of benzene rings is 2. The largest absolute Gasteiger partial charge is 0.458 e. The van der Waals surface area contributed by atoms with Crippen molar-refractivity contribution in [2.75, 3.05) is 26.4 Å². The lowest BCUT2D eigenvalue weighted by atomic mass is 9.98. The molecule has 0 fully saturated rings. The highest BCUT2D eigenvalue weighted by molar-refractivity contribution is 6.32. The Morgan fingerprint density at radius 1 is 1.15 bits per heavy atom. The third-order valence-electron chi connectivity index (χ3n) is 5.83. The van der Waals surface area contributed by atoms with Crippen LogP contribution in [0.15, 0.2) is 53.6 Å². The first-order chi connectivity index (χ1) is 19.3. The number of carbonyl (C=O) groups excluding carboxylic acids is 1. The first kappa shape index (κ1) is 30.3. The average molecular weight is 574 g/mol. The summed E-state index contributed by atoms with van der Waals surface area (Å²) in [7, 11) is 0. The molecule has 214 valence electrons. The van der Waals surface area contributed by atoms with Gasteiger partial charge in [-0.15, -0.1) is 15.2 Å². The third kappa shape index (κ3) is 8.40. The molecule has 0 saturated heterocycles. The van der Waals surface area contributed by atoms with Gasteiger partial charge in [-0.2, -0.15) is 0 Å². The first-order valence-electron chi connectivity index (χ1n) is 12.6. The van der Waals surface area contributed by atoms with E-state index >= 15 is 0 Å². The molecule has 0 radical (unpaired) electrons. The Kier molecular flexibility index (Phi) is 11.7. The van der Waals surface area contributed by atoms with Gasteiger partial charge in [-0.1, -0.05) is 73.5 Å². The van der Waals surface area contributed by atoms with Gasteiger partial charge in [0.15, 0.2) is 16.7 Å². The third-order valence-corrected chi connectivity index (χ3v) is 6.09. The second-order valence-electron chi connectivity index (χ2n) is 8.53. The molecule has 0 unspecified atom stereocenters. The summed E-state index contributed by atoms with van der Waals surface area (Å²) in [5.41, 5.74) is 11.9. The van der Waals surface area contributed by atoms with Gasteiger partial charge in [0, 0.05) is 18.5 Å². The molecule has 1 heterocycles. The van der Waals surface area contributed by atoms with Crippen LogP contribution >= 0.6 is 11.6 Å². The van der Waals surface area contributed by atoms with Gasteiger partial charge in [0.05, 0.1) is 13.2 Å². The lowest BCUT2D eigenvalue weighted by molar-refractivity contribution is -0.758. The lowest BCUT2D eigenvalue weighted by Crippen LogP contribution is -2.23. The summed E-state index contributed by atoms with van der Waals surface area (Å²) in [6, 6.07) is 15.4. The van der Waals surface area contributed by atoms with Gasteiger partial charge in [0.25, 0.3) is 5.09 Å². The number of hydrazone groups is 1. The number of unbranched alkanes of at least 4 members (excludes halogenated alkanes) is 1. The monoisotopic (exact) mass is 573 g/mol. The summed E-state index contributed by atoms with van der Waals surface area (Å²) >= 11 is 6.40. The maximum atomic E-state index is 13.0. The van der Waals surface area contributed by atoms with Crippen molar-refractivity contribution in [2.45, 2.75) is 32.7 Å². The van der Waals surface area contributed by atoms with Crippen LogP contribution in [0.5, 0.6) is 0 Å². The summed E-state index contributed by atoms with van der Waals surface area (Å²) < 4.78 is 12.3. The Labute approximate surface area is 236 Å². The SMILES string of the molecule is CCCCc1nc(Cl)c(C(=O)OCCOCCO[N+](=O)[O-])n1Cc1ccc(-c2ccccc2/C(N)=N/NN)cc1. The fourth-order valence-electron chi connectivity index (χ4n) is 3.95. The average Bonchev–Trinajstić information content (AvgIpc) is 3.25. The quantitative estimate of drug-likeness (QED) is 0.0438. The van der Waals surface area contributed by atoms with Gasteiger partial charge in [-0.25, -0.2) is 21.2 Å². The fourth-order valence-corrected chi connectivity index (χ4v) is 4.23. The van der Waals surface area contributed by atoms with Gasteiger partial charge in [0.1, 0.15) is 19.0 Å². The van der Waals surface area contributed by atoms with Crippen LogP contribution in [-0.2, 0) is 27.3 Å². The zero-order chi connectivity index (χ0) is 28.9. The molecule has 0 saturated carbocycles. The number of rotatable bonds is 16. The first-order valence-corrected chi connectivity index (χ1v) is 13.0. The van der Waals surface area contributed by atoms with Gasteiger partial charge < -0.3 is 24.6 Å². The number of aryl methyl sites for hydroxylation is 1. The number of nitrogens with two attached hydrogens (primary N) is 2. The second kappa shape index (κ2) is 15.4. The van der Waals surface area contributed by atoms with E-state index in [2.05, 4.69) is 27.4 Å². The van der Waals surface area contributed by atoms with Crippen LogP contribution in [0.2, 0.25) is 5.15 Å². The zero-order valence-corrected chi connectivity index (χ0v) is 22.8. The highest BCUT2D eigenvalue weighted by Crippen LogP contribution is 2.26. The molecule has 14 heteroatoms. The Morgan fingerprint density at radius 2 is 1.88 bits per heavy atom. The van der Waals surface area contributed by atoms with Crippen molar-refractivity contribution in [2.24, 2.45) is 16.7 Å². The Bertz CT molecular complexity index is 1310. The maximum Gasteiger partial charge on any atom is 0.358 e. The molecule has 40 heavy (non-hydrogen) atoms. The molecule has 3 aromatic rings. The van der Waals surface area contributed by atoms with E-state index in [-0.39, 0.29) is 43.1 Å². The number of hydrogen-bond acceptors (Lipinski definition) is 10. The molecule has 3 rings (SSSR count). The molecule has 0 aliphatic heterocycles. The minimum atomic E-state index is -0.902. The highest BCUT2D eigenvalue weighted by Gasteiger charge is 2.23. The summed E-state index contributed by atoms with van der Waals surface area (Å²) in [6.45, 7) is 2.17. The minimum Gasteiger partial charge on any atom is -0.458 e. The maximum absolute atomic E-state index is 13.0. The normalized spacial score (nSPS) is 11.3. The molecule has 0 amide bonds. The van der Waals surface area contributed by atoms with Crippen molar-refractivity contribution in [3.05, 3.63) is 86.4 Å². The number of aromatic nitrogens is 2. The fraction of sp³-hybridized carbons (Fsp3) is 0.346. The molecule has 13 nitrogen and oxygen atoms in total. The number of hydrazine groups is 1. The summed E-state index contributed by atoms with van der Waals surface area (Å²) in [5, 5.41) is 13.2. The smallest absolute Gasteiger partial charge is 0.358 e. The van der Waals surface area contributed by atoms with E-state index < -0.39 is 11.1 Å². The van der Waals surface area contributed by atoms with E-state index in [1.54, 1.807) is 4.57 Å². The number of esters is 1. The number of imidazole rings is 1. The summed E-state index contributed by atoms with van der Waals surface area (Å²) in [4.78, 5) is 31.7. The molecule has 5 N–H and O–H groups in total. The molecule has 0 bridgehead atoms. The summed E-state index contributed by atoms with van der Waals surface area (Å²) in [5.74, 6) is 5.59.